The van der Waals surface area contributed by atoms with Gasteiger partial charge >= 0.3 is 0 Å². The summed E-state index contributed by atoms with van der Waals surface area (Å²) in [5.41, 5.74) is -0.280. The summed E-state index contributed by atoms with van der Waals surface area (Å²) in [6.07, 6.45) is 0. The second-order valence-corrected chi connectivity index (χ2v) is 3.56. The normalized spacial score (nSPS) is 11.9. The third kappa shape index (κ3) is 1.31. The van der Waals surface area contributed by atoms with Crippen molar-refractivity contribution in [3.05, 3.63) is 12.1 Å². The van der Waals surface area contributed by atoms with Crippen LogP contribution >= 0.6 is 0 Å². The highest BCUT2D eigenvalue weighted by molar-refractivity contribution is 5.25. The minimum Gasteiger partial charge on any atom is -0.494 e. The van der Waals surface area contributed by atoms with E-state index in [0.717, 1.165) is 0 Å². The summed E-state index contributed by atoms with van der Waals surface area (Å²) in [6, 6.07) is 2.95. The summed E-state index contributed by atoms with van der Waals surface area (Å²) in [7, 11) is 0. The maximum atomic E-state index is 9.27. The van der Waals surface area contributed by atoms with E-state index in [4.69, 9.17) is 0 Å². The average molecular weight is 155 g/mol. The summed E-state index contributed by atoms with van der Waals surface area (Å²) >= 11 is 0. The van der Waals surface area contributed by atoms with Gasteiger partial charge in [0.15, 0.2) is 11.8 Å². The molecule has 3 heteroatoms. The number of aromatic hydroxyl groups is 2. The molecule has 3 nitrogen and oxygen atoms in total. The Morgan fingerprint density at radius 3 is 1.64 bits per heavy atom. The first-order valence-corrected chi connectivity index (χ1v) is 3.53. The zero-order valence-electron chi connectivity index (χ0n) is 7.00. The van der Waals surface area contributed by atoms with Crippen molar-refractivity contribution < 1.29 is 10.2 Å². The van der Waals surface area contributed by atoms with Crippen LogP contribution in [-0.2, 0) is 5.54 Å². The Bertz CT molecular complexity index is 238. The average Bonchev–Trinajstić information content (AvgIpc) is 2.08. The van der Waals surface area contributed by atoms with Crippen molar-refractivity contribution in [2.75, 3.05) is 0 Å². The second-order valence-electron chi connectivity index (χ2n) is 3.56. The Morgan fingerprint density at radius 1 is 1.09 bits per heavy atom. The SMILES string of the molecule is CC(C)(C)n1c(O)ccc1O. The van der Waals surface area contributed by atoms with Gasteiger partial charge < -0.3 is 10.2 Å². The summed E-state index contributed by atoms with van der Waals surface area (Å²) in [4.78, 5) is 0. The molecule has 0 aliphatic rings. The standard InChI is InChI=1S/C8H13NO2/c1-8(2,3)9-6(10)4-5-7(9)11/h4-5,10-11H,1-3H3. The number of aromatic nitrogens is 1. The highest BCUT2D eigenvalue weighted by Gasteiger charge is 2.19. The Morgan fingerprint density at radius 2 is 1.45 bits per heavy atom. The van der Waals surface area contributed by atoms with Crippen LogP contribution in [0.25, 0.3) is 0 Å². The molecule has 2 N–H and O–H groups in total. The molecule has 0 radical (unpaired) electrons. The first kappa shape index (κ1) is 7.98. The maximum absolute atomic E-state index is 9.27. The second kappa shape index (κ2) is 2.19. The van der Waals surface area contributed by atoms with E-state index in [0.29, 0.717) is 0 Å². The zero-order chi connectivity index (χ0) is 8.65. The Labute approximate surface area is 65.9 Å². The van der Waals surface area contributed by atoms with Crippen LogP contribution in [0.5, 0.6) is 11.8 Å². The summed E-state index contributed by atoms with van der Waals surface area (Å²) in [6.45, 7) is 5.73. The maximum Gasteiger partial charge on any atom is 0.194 e. The lowest BCUT2D eigenvalue weighted by atomic mass is 10.1. The highest BCUT2D eigenvalue weighted by atomic mass is 16.3. The van der Waals surface area contributed by atoms with Crippen LogP contribution in [0, 0.1) is 0 Å². The van der Waals surface area contributed by atoms with Gasteiger partial charge in [-0.2, -0.15) is 0 Å². The Balaban J connectivity index is 3.21. The molecule has 1 rings (SSSR count). The summed E-state index contributed by atoms with van der Waals surface area (Å²) in [5.74, 6) is 0.185. The van der Waals surface area contributed by atoms with Crippen LogP contribution in [0.1, 0.15) is 20.8 Å². The highest BCUT2D eigenvalue weighted by Crippen LogP contribution is 2.29. The number of hydrogen-bond donors (Lipinski definition) is 2. The number of nitrogens with zero attached hydrogens (tertiary/aromatic N) is 1. The van der Waals surface area contributed by atoms with Crippen LogP contribution in [0.2, 0.25) is 0 Å². The molecule has 1 aromatic heterocycles. The molecular formula is C8H13NO2. The molecule has 0 saturated heterocycles. The molecule has 1 heterocycles. The first-order chi connectivity index (χ1) is 4.93. The van der Waals surface area contributed by atoms with Crippen LogP contribution in [0.3, 0.4) is 0 Å². The van der Waals surface area contributed by atoms with Crippen molar-refractivity contribution in [1.82, 2.24) is 4.57 Å². The molecule has 0 aliphatic carbocycles. The van der Waals surface area contributed by atoms with Gasteiger partial charge in [-0.15, -0.1) is 0 Å². The third-order valence-electron chi connectivity index (χ3n) is 1.51. The topological polar surface area (TPSA) is 45.4 Å². The smallest absolute Gasteiger partial charge is 0.194 e. The van der Waals surface area contributed by atoms with Gasteiger partial charge in [-0.25, -0.2) is 0 Å². The van der Waals surface area contributed by atoms with Crippen LogP contribution in [-0.4, -0.2) is 14.8 Å². The fraction of sp³-hybridized carbons (Fsp3) is 0.500. The number of hydrogen-bond acceptors (Lipinski definition) is 2. The molecule has 0 unspecified atom stereocenters. The quantitative estimate of drug-likeness (QED) is 0.598. The van der Waals surface area contributed by atoms with Crippen molar-refractivity contribution in [3.63, 3.8) is 0 Å². The fourth-order valence-corrected chi connectivity index (χ4v) is 1.10. The molecule has 0 atom stereocenters. The van der Waals surface area contributed by atoms with Crippen LogP contribution in [0.15, 0.2) is 12.1 Å². The van der Waals surface area contributed by atoms with Gasteiger partial charge in [0.25, 0.3) is 0 Å². The molecule has 0 saturated carbocycles. The van der Waals surface area contributed by atoms with E-state index in [-0.39, 0.29) is 17.3 Å². The van der Waals surface area contributed by atoms with Crippen molar-refractivity contribution in [1.29, 1.82) is 0 Å². The lowest BCUT2D eigenvalue weighted by Crippen LogP contribution is -2.20. The van der Waals surface area contributed by atoms with E-state index in [1.807, 2.05) is 20.8 Å². The minimum atomic E-state index is -0.280. The lowest BCUT2D eigenvalue weighted by Gasteiger charge is -2.22. The van der Waals surface area contributed by atoms with E-state index in [1.54, 1.807) is 0 Å². The van der Waals surface area contributed by atoms with Gasteiger partial charge in [-0.3, -0.25) is 4.57 Å². The van der Waals surface area contributed by atoms with E-state index in [2.05, 4.69) is 0 Å². The molecular weight excluding hydrogens is 142 g/mol. The van der Waals surface area contributed by atoms with Gasteiger partial charge in [0.05, 0.1) is 0 Å². The molecule has 0 spiro atoms. The van der Waals surface area contributed by atoms with E-state index in [1.165, 1.54) is 16.7 Å². The van der Waals surface area contributed by atoms with Gasteiger partial charge in [-0.05, 0) is 20.8 Å². The molecule has 62 valence electrons. The molecule has 0 fully saturated rings. The largest absolute Gasteiger partial charge is 0.494 e. The van der Waals surface area contributed by atoms with E-state index < -0.39 is 0 Å². The van der Waals surface area contributed by atoms with Crippen LogP contribution in [0.4, 0.5) is 0 Å². The lowest BCUT2D eigenvalue weighted by molar-refractivity contribution is 0.284. The Kier molecular flexibility index (Phi) is 1.59. The zero-order valence-corrected chi connectivity index (χ0v) is 7.00. The van der Waals surface area contributed by atoms with Crippen molar-refractivity contribution in [2.45, 2.75) is 26.3 Å². The summed E-state index contributed by atoms with van der Waals surface area (Å²) < 4.78 is 1.47. The van der Waals surface area contributed by atoms with Gasteiger partial charge in [0, 0.05) is 17.7 Å². The minimum absolute atomic E-state index is 0.0926. The predicted octanol–water partition coefficient (Wildman–Crippen LogP) is 1.65. The van der Waals surface area contributed by atoms with E-state index in [9.17, 15) is 10.2 Å². The molecule has 0 aromatic carbocycles. The van der Waals surface area contributed by atoms with Crippen molar-refractivity contribution in [3.8, 4) is 11.8 Å². The first-order valence-electron chi connectivity index (χ1n) is 3.53. The molecule has 0 amide bonds. The van der Waals surface area contributed by atoms with Gasteiger partial charge in [0.2, 0.25) is 0 Å². The van der Waals surface area contributed by atoms with Gasteiger partial charge in [0.1, 0.15) is 0 Å². The predicted molar refractivity (Wildman–Crippen MR) is 42.8 cm³/mol. The fourth-order valence-electron chi connectivity index (χ4n) is 1.10. The third-order valence-corrected chi connectivity index (χ3v) is 1.51. The van der Waals surface area contributed by atoms with Crippen LogP contribution < -0.4 is 0 Å². The Hall–Kier alpha value is -1.12. The molecule has 11 heavy (non-hydrogen) atoms. The summed E-state index contributed by atoms with van der Waals surface area (Å²) in [5, 5.41) is 18.5. The van der Waals surface area contributed by atoms with Crippen molar-refractivity contribution >= 4 is 0 Å². The van der Waals surface area contributed by atoms with Gasteiger partial charge in [-0.1, -0.05) is 0 Å². The molecule has 0 bridgehead atoms. The monoisotopic (exact) mass is 155 g/mol. The van der Waals surface area contributed by atoms with Crippen molar-refractivity contribution in [2.24, 2.45) is 0 Å². The van der Waals surface area contributed by atoms with E-state index >= 15 is 0 Å². The molecule has 0 aliphatic heterocycles. The molecule has 1 aromatic rings. The number of rotatable bonds is 0.